The van der Waals surface area contributed by atoms with E-state index in [1.54, 1.807) is 0 Å². The predicted molar refractivity (Wildman–Crippen MR) is 71.7 cm³/mol. The maximum absolute atomic E-state index is 3.54. The number of nitrogens with zero attached hydrogens (tertiary/aromatic N) is 1. The second kappa shape index (κ2) is 6.61. The Morgan fingerprint density at radius 1 is 1.25 bits per heavy atom. The Morgan fingerprint density at radius 2 is 1.94 bits per heavy atom. The van der Waals surface area contributed by atoms with Crippen LogP contribution < -0.4 is 5.32 Å². The lowest BCUT2D eigenvalue weighted by Crippen LogP contribution is -2.38. The quantitative estimate of drug-likeness (QED) is 0.701. The van der Waals surface area contributed by atoms with Crippen molar-refractivity contribution in [2.24, 2.45) is 11.8 Å². The third kappa shape index (κ3) is 4.42. The second-order valence-corrected chi connectivity index (χ2v) is 6.12. The van der Waals surface area contributed by atoms with Crippen molar-refractivity contribution in [2.45, 2.75) is 59.5 Å². The summed E-state index contributed by atoms with van der Waals surface area (Å²) in [7, 11) is 0. The van der Waals surface area contributed by atoms with Crippen molar-refractivity contribution in [3.05, 3.63) is 0 Å². The van der Waals surface area contributed by atoms with E-state index in [0.717, 1.165) is 37.0 Å². The fraction of sp³-hybridized carbons (Fsp3) is 1.00. The molecule has 3 unspecified atom stereocenters. The van der Waals surface area contributed by atoms with Crippen LogP contribution in [0.3, 0.4) is 0 Å². The first-order valence-corrected chi connectivity index (χ1v) is 6.97. The molecule has 0 aromatic carbocycles. The lowest BCUT2D eigenvalue weighted by atomic mass is 10.1. The van der Waals surface area contributed by atoms with Crippen LogP contribution in [0.2, 0.25) is 0 Å². The van der Waals surface area contributed by atoms with E-state index in [1.807, 2.05) is 0 Å². The number of hydrogen-bond acceptors (Lipinski definition) is 2. The molecule has 0 aromatic heterocycles. The molecule has 1 saturated heterocycles. The highest BCUT2D eigenvalue weighted by Gasteiger charge is 2.28. The molecule has 96 valence electrons. The van der Waals surface area contributed by atoms with Gasteiger partial charge < -0.3 is 5.32 Å². The van der Waals surface area contributed by atoms with Crippen LogP contribution in [-0.2, 0) is 0 Å². The Morgan fingerprint density at radius 3 is 2.44 bits per heavy atom. The standard InChI is InChI=1S/C14H30N2/c1-11(2)9-15-7-6-13(4)16-10-12(3)8-14(16)5/h11-15H,6-10H2,1-5H3. The average Bonchev–Trinajstić information content (AvgIpc) is 2.52. The molecule has 16 heavy (non-hydrogen) atoms. The van der Waals surface area contributed by atoms with Crippen molar-refractivity contribution >= 4 is 0 Å². The molecule has 1 N–H and O–H groups in total. The number of hydrogen-bond donors (Lipinski definition) is 1. The summed E-state index contributed by atoms with van der Waals surface area (Å²) >= 11 is 0. The number of nitrogens with one attached hydrogen (secondary N) is 1. The van der Waals surface area contributed by atoms with E-state index in [2.05, 4.69) is 44.8 Å². The lowest BCUT2D eigenvalue weighted by Gasteiger charge is -2.28. The van der Waals surface area contributed by atoms with Crippen molar-refractivity contribution in [1.29, 1.82) is 0 Å². The van der Waals surface area contributed by atoms with Crippen LogP contribution in [0.4, 0.5) is 0 Å². The number of rotatable bonds is 6. The van der Waals surface area contributed by atoms with Gasteiger partial charge >= 0.3 is 0 Å². The van der Waals surface area contributed by atoms with Crippen molar-refractivity contribution in [1.82, 2.24) is 10.2 Å². The fourth-order valence-corrected chi connectivity index (χ4v) is 2.81. The second-order valence-electron chi connectivity index (χ2n) is 6.12. The van der Waals surface area contributed by atoms with Crippen molar-refractivity contribution < 1.29 is 0 Å². The summed E-state index contributed by atoms with van der Waals surface area (Å²) in [5, 5.41) is 3.54. The minimum Gasteiger partial charge on any atom is -0.316 e. The largest absolute Gasteiger partial charge is 0.316 e. The normalized spacial score (nSPS) is 28.9. The Kier molecular flexibility index (Phi) is 5.77. The predicted octanol–water partition coefficient (Wildman–Crippen LogP) is 2.74. The van der Waals surface area contributed by atoms with Gasteiger partial charge in [-0.25, -0.2) is 0 Å². The van der Waals surface area contributed by atoms with E-state index in [-0.39, 0.29) is 0 Å². The highest BCUT2D eigenvalue weighted by atomic mass is 15.2. The van der Waals surface area contributed by atoms with Gasteiger partial charge in [0.25, 0.3) is 0 Å². The van der Waals surface area contributed by atoms with Crippen LogP contribution in [-0.4, -0.2) is 36.6 Å². The van der Waals surface area contributed by atoms with Gasteiger partial charge in [-0.05, 0) is 51.6 Å². The van der Waals surface area contributed by atoms with Gasteiger partial charge in [-0.3, -0.25) is 4.90 Å². The van der Waals surface area contributed by atoms with E-state index in [9.17, 15) is 0 Å². The molecule has 0 bridgehead atoms. The van der Waals surface area contributed by atoms with Crippen LogP contribution >= 0.6 is 0 Å². The van der Waals surface area contributed by atoms with Gasteiger partial charge in [0, 0.05) is 18.6 Å². The molecule has 0 aromatic rings. The van der Waals surface area contributed by atoms with Gasteiger partial charge in [-0.2, -0.15) is 0 Å². The molecule has 0 aliphatic carbocycles. The maximum atomic E-state index is 3.54. The van der Waals surface area contributed by atoms with Gasteiger partial charge in [0.1, 0.15) is 0 Å². The van der Waals surface area contributed by atoms with E-state index in [1.165, 1.54) is 19.4 Å². The third-order valence-corrected chi connectivity index (χ3v) is 3.69. The highest BCUT2D eigenvalue weighted by Crippen LogP contribution is 2.25. The first kappa shape index (κ1) is 14.0. The Hall–Kier alpha value is -0.0800. The van der Waals surface area contributed by atoms with Gasteiger partial charge in [-0.15, -0.1) is 0 Å². The molecule has 2 nitrogen and oxygen atoms in total. The van der Waals surface area contributed by atoms with Gasteiger partial charge in [0.15, 0.2) is 0 Å². The van der Waals surface area contributed by atoms with Crippen molar-refractivity contribution in [3.8, 4) is 0 Å². The SMILES string of the molecule is CC(C)CNCCC(C)N1CC(C)CC1C. The third-order valence-electron chi connectivity index (χ3n) is 3.69. The zero-order chi connectivity index (χ0) is 12.1. The smallest absolute Gasteiger partial charge is 0.00819 e. The molecule has 0 amide bonds. The van der Waals surface area contributed by atoms with E-state index < -0.39 is 0 Å². The zero-order valence-corrected chi connectivity index (χ0v) is 11.8. The lowest BCUT2D eigenvalue weighted by molar-refractivity contribution is 0.189. The Balaban J connectivity index is 2.17. The summed E-state index contributed by atoms with van der Waals surface area (Å²) in [4.78, 5) is 2.68. The summed E-state index contributed by atoms with van der Waals surface area (Å²) in [5.74, 6) is 1.65. The van der Waals surface area contributed by atoms with Crippen LogP contribution in [0, 0.1) is 11.8 Å². The van der Waals surface area contributed by atoms with Crippen LogP contribution in [0.5, 0.6) is 0 Å². The van der Waals surface area contributed by atoms with Gasteiger partial charge in [0.05, 0.1) is 0 Å². The van der Waals surface area contributed by atoms with Crippen LogP contribution in [0.25, 0.3) is 0 Å². The molecule has 1 fully saturated rings. The molecule has 0 radical (unpaired) electrons. The summed E-state index contributed by atoms with van der Waals surface area (Å²) in [6.07, 6.45) is 2.66. The molecule has 2 heteroatoms. The summed E-state index contributed by atoms with van der Waals surface area (Å²) < 4.78 is 0. The van der Waals surface area contributed by atoms with Crippen molar-refractivity contribution in [2.75, 3.05) is 19.6 Å². The van der Waals surface area contributed by atoms with Crippen LogP contribution in [0.15, 0.2) is 0 Å². The number of likely N-dealkylation sites (tertiary alicyclic amines) is 1. The highest BCUT2D eigenvalue weighted by molar-refractivity contribution is 4.83. The fourth-order valence-electron chi connectivity index (χ4n) is 2.81. The molecule has 0 spiro atoms. The summed E-state index contributed by atoms with van der Waals surface area (Å²) in [6.45, 7) is 15.3. The molecule has 0 saturated carbocycles. The molecule has 1 heterocycles. The van der Waals surface area contributed by atoms with Crippen LogP contribution in [0.1, 0.15) is 47.5 Å². The molecule has 3 atom stereocenters. The Bertz CT molecular complexity index is 191. The summed E-state index contributed by atoms with van der Waals surface area (Å²) in [6, 6.07) is 1.52. The van der Waals surface area contributed by atoms with E-state index in [4.69, 9.17) is 0 Å². The maximum Gasteiger partial charge on any atom is 0.00819 e. The molecular weight excluding hydrogens is 196 g/mol. The first-order chi connectivity index (χ1) is 7.50. The molecule has 1 aliphatic rings. The van der Waals surface area contributed by atoms with Gasteiger partial charge in [-0.1, -0.05) is 20.8 Å². The molecule has 1 rings (SSSR count). The van der Waals surface area contributed by atoms with Gasteiger partial charge in [0.2, 0.25) is 0 Å². The topological polar surface area (TPSA) is 15.3 Å². The molecule has 1 aliphatic heterocycles. The Labute approximate surface area is 102 Å². The van der Waals surface area contributed by atoms with Crippen molar-refractivity contribution in [3.63, 3.8) is 0 Å². The zero-order valence-electron chi connectivity index (χ0n) is 11.8. The minimum absolute atomic E-state index is 0.736. The monoisotopic (exact) mass is 226 g/mol. The summed E-state index contributed by atoms with van der Waals surface area (Å²) in [5.41, 5.74) is 0. The first-order valence-electron chi connectivity index (χ1n) is 6.97. The van der Waals surface area contributed by atoms with E-state index in [0.29, 0.717) is 0 Å². The average molecular weight is 226 g/mol. The minimum atomic E-state index is 0.736. The molecular formula is C14H30N2. The van der Waals surface area contributed by atoms with E-state index >= 15 is 0 Å².